The van der Waals surface area contributed by atoms with Crippen LogP contribution in [0, 0.1) is 0 Å². The first-order valence-corrected chi connectivity index (χ1v) is 4.85. The summed E-state index contributed by atoms with van der Waals surface area (Å²) in [5.74, 6) is -0.0511. The van der Waals surface area contributed by atoms with Crippen LogP contribution < -0.4 is 11.5 Å². The summed E-state index contributed by atoms with van der Waals surface area (Å²) in [5.41, 5.74) is 12.1. The van der Waals surface area contributed by atoms with Crippen molar-refractivity contribution >= 4 is 11.4 Å². The summed E-state index contributed by atoms with van der Waals surface area (Å²) in [6.45, 7) is -1.28. The minimum atomic E-state index is -4.41. The number of aromatic nitrogens is 4. The summed E-state index contributed by atoms with van der Waals surface area (Å²) in [7, 11) is 0. The fourth-order valence-electron chi connectivity index (χ4n) is 1.46. The molecule has 1 aromatic carbocycles. The first-order chi connectivity index (χ1) is 8.37. The Balaban J connectivity index is 2.42. The second-order valence-electron chi connectivity index (χ2n) is 3.62. The van der Waals surface area contributed by atoms with E-state index in [0.29, 0.717) is 15.9 Å². The summed E-state index contributed by atoms with van der Waals surface area (Å²) < 4.78 is 37.6. The lowest BCUT2D eigenvalue weighted by molar-refractivity contribution is -0.142. The molecule has 2 aromatic rings. The van der Waals surface area contributed by atoms with Gasteiger partial charge in [0.2, 0.25) is 0 Å². The summed E-state index contributed by atoms with van der Waals surface area (Å²) in [4.78, 5) is 0. The van der Waals surface area contributed by atoms with E-state index in [9.17, 15) is 13.2 Å². The van der Waals surface area contributed by atoms with E-state index in [0.717, 1.165) is 0 Å². The van der Waals surface area contributed by atoms with E-state index < -0.39 is 12.7 Å². The number of nitrogens with two attached hydrogens (primary N) is 2. The predicted octanol–water partition coefficient (Wildman–Crippen LogP) is 1.07. The third kappa shape index (κ3) is 2.50. The van der Waals surface area contributed by atoms with Crippen LogP contribution in [-0.2, 0) is 6.54 Å². The molecule has 18 heavy (non-hydrogen) atoms. The second kappa shape index (κ2) is 4.17. The molecule has 0 fully saturated rings. The first-order valence-electron chi connectivity index (χ1n) is 4.85. The number of benzene rings is 1. The molecule has 4 N–H and O–H groups in total. The number of hydrogen-bond donors (Lipinski definition) is 2. The Hall–Kier alpha value is -2.32. The molecule has 0 aliphatic carbocycles. The van der Waals surface area contributed by atoms with Crippen molar-refractivity contribution in [2.75, 3.05) is 11.5 Å². The van der Waals surface area contributed by atoms with Crippen molar-refractivity contribution in [1.29, 1.82) is 0 Å². The quantitative estimate of drug-likeness (QED) is 0.785. The SMILES string of the molecule is Nc1ccc(-c2nnnn2CC(F)(F)F)c(N)c1. The van der Waals surface area contributed by atoms with Crippen molar-refractivity contribution in [3.8, 4) is 11.4 Å². The monoisotopic (exact) mass is 258 g/mol. The van der Waals surface area contributed by atoms with E-state index >= 15 is 0 Å². The van der Waals surface area contributed by atoms with Crippen molar-refractivity contribution in [3.63, 3.8) is 0 Å². The Bertz CT molecular complexity index is 562. The van der Waals surface area contributed by atoms with E-state index in [1.165, 1.54) is 18.2 Å². The molecule has 0 atom stereocenters. The van der Waals surface area contributed by atoms with Crippen molar-refractivity contribution in [1.82, 2.24) is 20.2 Å². The van der Waals surface area contributed by atoms with Crippen LogP contribution in [-0.4, -0.2) is 26.4 Å². The zero-order chi connectivity index (χ0) is 13.3. The Kier molecular flexibility index (Phi) is 2.81. The molecule has 2 rings (SSSR count). The van der Waals surface area contributed by atoms with Gasteiger partial charge in [0.1, 0.15) is 6.54 Å². The summed E-state index contributed by atoms with van der Waals surface area (Å²) >= 11 is 0. The maximum Gasteiger partial charge on any atom is 0.408 e. The van der Waals surface area contributed by atoms with Gasteiger partial charge in [0.05, 0.1) is 0 Å². The highest BCUT2D eigenvalue weighted by Gasteiger charge is 2.30. The lowest BCUT2D eigenvalue weighted by atomic mass is 10.1. The van der Waals surface area contributed by atoms with E-state index in [-0.39, 0.29) is 11.5 Å². The molecule has 96 valence electrons. The molecule has 9 heteroatoms. The number of hydrogen-bond acceptors (Lipinski definition) is 5. The Morgan fingerprint density at radius 3 is 2.56 bits per heavy atom. The highest BCUT2D eigenvalue weighted by atomic mass is 19.4. The smallest absolute Gasteiger partial charge is 0.399 e. The Labute approximate surface area is 99.4 Å². The standard InChI is InChI=1S/C9H9F3N6/c10-9(11,12)4-18-8(15-16-17-18)6-2-1-5(13)3-7(6)14/h1-3H,4,13-14H2. The van der Waals surface area contributed by atoms with Crippen LogP contribution in [0.4, 0.5) is 24.5 Å². The normalized spacial score (nSPS) is 11.7. The third-order valence-electron chi connectivity index (χ3n) is 2.18. The van der Waals surface area contributed by atoms with Gasteiger partial charge in [0, 0.05) is 16.9 Å². The molecular weight excluding hydrogens is 249 g/mol. The van der Waals surface area contributed by atoms with Gasteiger partial charge in [0.25, 0.3) is 0 Å². The van der Waals surface area contributed by atoms with Crippen LogP contribution in [0.15, 0.2) is 18.2 Å². The fraction of sp³-hybridized carbons (Fsp3) is 0.222. The zero-order valence-corrected chi connectivity index (χ0v) is 9.02. The average Bonchev–Trinajstić information content (AvgIpc) is 2.63. The van der Waals surface area contributed by atoms with E-state index in [1.54, 1.807) is 0 Å². The van der Waals surface area contributed by atoms with Gasteiger partial charge in [0.15, 0.2) is 5.82 Å². The van der Waals surface area contributed by atoms with Crippen molar-refractivity contribution < 1.29 is 13.2 Å². The van der Waals surface area contributed by atoms with E-state index in [1.807, 2.05) is 0 Å². The molecule has 1 heterocycles. The third-order valence-corrected chi connectivity index (χ3v) is 2.18. The molecule has 6 nitrogen and oxygen atoms in total. The van der Waals surface area contributed by atoms with Crippen molar-refractivity contribution in [3.05, 3.63) is 18.2 Å². The van der Waals surface area contributed by atoms with E-state index in [4.69, 9.17) is 11.5 Å². The Morgan fingerprint density at radius 1 is 1.22 bits per heavy atom. The minimum absolute atomic E-state index is 0.0511. The maximum atomic E-state index is 12.3. The molecule has 0 saturated heterocycles. The highest BCUT2D eigenvalue weighted by molar-refractivity contribution is 5.74. The largest absolute Gasteiger partial charge is 0.408 e. The van der Waals surface area contributed by atoms with E-state index in [2.05, 4.69) is 15.5 Å². The van der Waals surface area contributed by atoms with Gasteiger partial charge in [-0.1, -0.05) is 0 Å². The van der Waals surface area contributed by atoms with Gasteiger partial charge < -0.3 is 11.5 Å². The van der Waals surface area contributed by atoms with Gasteiger partial charge in [-0.2, -0.15) is 13.2 Å². The fourth-order valence-corrected chi connectivity index (χ4v) is 1.46. The number of rotatable bonds is 2. The van der Waals surface area contributed by atoms with Crippen LogP contribution in [0.2, 0.25) is 0 Å². The average molecular weight is 258 g/mol. The lowest BCUT2D eigenvalue weighted by Crippen LogP contribution is -2.19. The van der Waals surface area contributed by atoms with Crippen LogP contribution in [0.5, 0.6) is 0 Å². The summed E-state index contributed by atoms with van der Waals surface area (Å²) in [6.07, 6.45) is -4.41. The molecule has 0 bridgehead atoms. The number of anilines is 2. The predicted molar refractivity (Wildman–Crippen MR) is 58.1 cm³/mol. The van der Waals surface area contributed by atoms with Crippen molar-refractivity contribution in [2.45, 2.75) is 12.7 Å². The van der Waals surface area contributed by atoms with Gasteiger partial charge in [-0.15, -0.1) is 5.10 Å². The molecule has 0 amide bonds. The molecule has 0 aliphatic heterocycles. The van der Waals surface area contributed by atoms with Crippen LogP contribution >= 0.6 is 0 Å². The summed E-state index contributed by atoms with van der Waals surface area (Å²) in [6, 6.07) is 4.42. The number of nitrogen functional groups attached to an aromatic ring is 2. The van der Waals surface area contributed by atoms with Gasteiger partial charge in [-0.05, 0) is 28.6 Å². The maximum absolute atomic E-state index is 12.3. The van der Waals surface area contributed by atoms with Crippen LogP contribution in [0.3, 0.4) is 0 Å². The van der Waals surface area contributed by atoms with Gasteiger partial charge >= 0.3 is 6.18 Å². The molecule has 0 aliphatic rings. The summed E-state index contributed by atoms with van der Waals surface area (Å²) in [5, 5.41) is 10.1. The van der Waals surface area contributed by atoms with Crippen molar-refractivity contribution in [2.24, 2.45) is 0 Å². The topological polar surface area (TPSA) is 95.6 Å². The number of nitrogens with zero attached hydrogens (tertiary/aromatic N) is 4. The molecule has 0 unspecified atom stereocenters. The second-order valence-corrected chi connectivity index (χ2v) is 3.62. The molecule has 0 saturated carbocycles. The van der Waals surface area contributed by atoms with Crippen LogP contribution in [0.25, 0.3) is 11.4 Å². The number of tetrazole rings is 1. The number of halogens is 3. The van der Waals surface area contributed by atoms with Crippen LogP contribution in [0.1, 0.15) is 0 Å². The highest BCUT2D eigenvalue weighted by Crippen LogP contribution is 2.27. The van der Waals surface area contributed by atoms with Gasteiger partial charge in [-0.25, -0.2) is 4.68 Å². The molecule has 1 aromatic heterocycles. The minimum Gasteiger partial charge on any atom is -0.399 e. The molecule has 0 spiro atoms. The van der Waals surface area contributed by atoms with Gasteiger partial charge in [-0.3, -0.25) is 0 Å². The lowest BCUT2D eigenvalue weighted by Gasteiger charge is -2.09. The zero-order valence-electron chi connectivity index (χ0n) is 9.02. The first kappa shape index (κ1) is 12.1. The Morgan fingerprint density at radius 2 is 1.94 bits per heavy atom. The molecular formula is C9H9F3N6. The number of alkyl halides is 3. The molecule has 0 radical (unpaired) electrons.